The fraction of sp³-hybridized carbons (Fsp3) is 0.125. The van der Waals surface area contributed by atoms with Crippen LogP contribution in [0.3, 0.4) is 0 Å². The van der Waals surface area contributed by atoms with Crippen molar-refractivity contribution in [2.24, 2.45) is 0 Å². The van der Waals surface area contributed by atoms with Gasteiger partial charge in [0.05, 0.1) is 7.11 Å². The van der Waals surface area contributed by atoms with Crippen LogP contribution in [0.4, 0.5) is 5.82 Å². The Morgan fingerprint density at radius 3 is 2.94 bits per heavy atom. The Labute approximate surface area is 89.2 Å². The Hall–Kier alpha value is -2.51. The number of anilines is 1. The van der Waals surface area contributed by atoms with Crippen LogP contribution >= 0.6 is 0 Å². The minimum absolute atomic E-state index is 0.0313. The van der Waals surface area contributed by atoms with Crippen molar-refractivity contribution in [2.45, 2.75) is 0 Å². The number of rotatable bonds is 3. The van der Waals surface area contributed by atoms with Gasteiger partial charge in [-0.25, -0.2) is 9.36 Å². The summed E-state index contributed by atoms with van der Waals surface area (Å²) in [5, 5.41) is 12.6. The summed E-state index contributed by atoms with van der Waals surface area (Å²) in [5.41, 5.74) is 5.26. The molecular formula is C8H8N4O4. The van der Waals surface area contributed by atoms with Crippen molar-refractivity contribution < 1.29 is 19.2 Å². The van der Waals surface area contributed by atoms with Crippen LogP contribution in [0.5, 0.6) is 6.01 Å². The molecule has 0 aromatic carbocycles. The van der Waals surface area contributed by atoms with Crippen LogP contribution in [0.2, 0.25) is 0 Å². The van der Waals surface area contributed by atoms with Gasteiger partial charge in [0.25, 0.3) is 0 Å². The monoisotopic (exact) mass is 224 g/mol. The molecule has 3 N–H and O–H groups in total. The molecule has 2 aromatic rings. The Balaban J connectivity index is 2.70. The zero-order valence-corrected chi connectivity index (χ0v) is 8.25. The molecule has 0 saturated heterocycles. The predicted molar refractivity (Wildman–Crippen MR) is 51.5 cm³/mol. The van der Waals surface area contributed by atoms with E-state index < -0.39 is 5.97 Å². The van der Waals surface area contributed by atoms with Gasteiger partial charge in [-0.15, -0.1) is 0 Å². The van der Waals surface area contributed by atoms with Crippen molar-refractivity contribution in [3.8, 4) is 11.8 Å². The van der Waals surface area contributed by atoms with Gasteiger partial charge in [-0.1, -0.05) is 5.16 Å². The van der Waals surface area contributed by atoms with Gasteiger partial charge in [0.1, 0.15) is 6.26 Å². The van der Waals surface area contributed by atoms with Crippen LogP contribution in [0, 0.1) is 0 Å². The fourth-order valence-corrected chi connectivity index (χ4v) is 1.29. The number of hydrogen-bond donors (Lipinski definition) is 2. The van der Waals surface area contributed by atoms with Crippen LogP contribution < -0.4 is 10.5 Å². The lowest BCUT2D eigenvalue weighted by Gasteiger charge is -2.03. The average Bonchev–Trinajstić information content (AvgIpc) is 2.82. The molecule has 0 bridgehead atoms. The highest BCUT2D eigenvalue weighted by Crippen LogP contribution is 2.24. The van der Waals surface area contributed by atoms with Crippen molar-refractivity contribution in [2.75, 3.05) is 12.8 Å². The third-order valence-corrected chi connectivity index (χ3v) is 1.91. The first-order chi connectivity index (χ1) is 7.65. The Bertz CT molecular complexity index is 516. The summed E-state index contributed by atoms with van der Waals surface area (Å²) in [6.07, 6.45) is 1.30. The lowest BCUT2D eigenvalue weighted by Crippen LogP contribution is -2.10. The summed E-state index contributed by atoms with van der Waals surface area (Å²) in [4.78, 5) is 14.8. The van der Waals surface area contributed by atoms with Gasteiger partial charge in [0.2, 0.25) is 0 Å². The van der Waals surface area contributed by atoms with Gasteiger partial charge in [0.15, 0.2) is 17.3 Å². The number of imidazole rings is 1. The van der Waals surface area contributed by atoms with Gasteiger partial charge in [-0.3, -0.25) is 0 Å². The summed E-state index contributed by atoms with van der Waals surface area (Å²) in [7, 11) is 1.35. The molecule has 0 fully saturated rings. The number of carboxylic acid groups (broad SMARTS) is 1. The van der Waals surface area contributed by atoms with Gasteiger partial charge in [-0.2, -0.15) is 4.98 Å². The average molecular weight is 224 g/mol. The Morgan fingerprint density at radius 1 is 1.69 bits per heavy atom. The molecule has 0 atom stereocenters. The minimum atomic E-state index is -1.23. The summed E-state index contributed by atoms with van der Waals surface area (Å²) in [6.45, 7) is 0. The molecule has 0 radical (unpaired) electrons. The van der Waals surface area contributed by atoms with Gasteiger partial charge >= 0.3 is 12.0 Å². The van der Waals surface area contributed by atoms with Crippen LogP contribution in [-0.4, -0.2) is 32.9 Å². The van der Waals surface area contributed by atoms with Crippen LogP contribution in [0.25, 0.3) is 5.82 Å². The van der Waals surface area contributed by atoms with Crippen molar-refractivity contribution in [1.29, 1.82) is 0 Å². The molecule has 0 unspecified atom stereocenters. The summed E-state index contributed by atoms with van der Waals surface area (Å²) in [6, 6.07) is 1.50. The fourth-order valence-electron chi connectivity index (χ4n) is 1.29. The molecule has 0 amide bonds. The number of carboxylic acids is 1. The molecule has 2 rings (SSSR count). The summed E-state index contributed by atoms with van der Waals surface area (Å²) < 4.78 is 10.7. The van der Waals surface area contributed by atoms with E-state index >= 15 is 0 Å². The van der Waals surface area contributed by atoms with Crippen molar-refractivity contribution in [3.05, 3.63) is 18.0 Å². The number of aromatic nitrogens is 3. The number of hydrogen-bond acceptors (Lipinski definition) is 6. The molecule has 2 heterocycles. The second-order valence-corrected chi connectivity index (χ2v) is 2.83. The zero-order chi connectivity index (χ0) is 11.7. The molecule has 0 aliphatic rings. The first kappa shape index (κ1) is 10.0. The van der Waals surface area contributed by atoms with Gasteiger partial charge in [-0.05, 0) is 0 Å². The SMILES string of the molecule is COc1nc(N)c(C(=O)O)n1-c1ccon1. The maximum Gasteiger partial charge on any atom is 0.356 e. The quantitative estimate of drug-likeness (QED) is 0.761. The van der Waals surface area contributed by atoms with Crippen LogP contribution in [-0.2, 0) is 0 Å². The molecule has 2 aromatic heterocycles. The third kappa shape index (κ3) is 1.36. The third-order valence-electron chi connectivity index (χ3n) is 1.91. The Kier molecular flexibility index (Phi) is 2.24. The lowest BCUT2D eigenvalue weighted by atomic mass is 10.4. The van der Waals surface area contributed by atoms with E-state index in [0.29, 0.717) is 0 Å². The first-order valence-electron chi connectivity index (χ1n) is 4.21. The van der Waals surface area contributed by atoms with E-state index in [4.69, 9.17) is 15.6 Å². The second kappa shape index (κ2) is 3.57. The molecule has 8 nitrogen and oxygen atoms in total. The molecule has 0 aliphatic heterocycles. The minimum Gasteiger partial charge on any atom is -0.476 e. The van der Waals surface area contributed by atoms with Crippen LogP contribution in [0.1, 0.15) is 10.5 Å². The highest BCUT2D eigenvalue weighted by molar-refractivity contribution is 5.92. The van der Waals surface area contributed by atoms with Crippen molar-refractivity contribution >= 4 is 11.8 Å². The first-order valence-corrected chi connectivity index (χ1v) is 4.21. The number of aromatic carboxylic acids is 1. The van der Waals surface area contributed by atoms with Crippen molar-refractivity contribution in [1.82, 2.24) is 14.7 Å². The van der Waals surface area contributed by atoms with E-state index in [1.807, 2.05) is 0 Å². The zero-order valence-electron chi connectivity index (χ0n) is 8.25. The summed E-state index contributed by atoms with van der Waals surface area (Å²) >= 11 is 0. The van der Waals surface area contributed by atoms with E-state index in [0.717, 1.165) is 4.57 Å². The second-order valence-electron chi connectivity index (χ2n) is 2.83. The van der Waals surface area contributed by atoms with Crippen LogP contribution in [0.15, 0.2) is 16.9 Å². The van der Waals surface area contributed by atoms with E-state index in [1.165, 1.54) is 19.4 Å². The highest BCUT2D eigenvalue weighted by Gasteiger charge is 2.24. The van der Waals surface area contributed by atoms with E-state index in [-0.39, 0.29) is 23.3 Å². The molecule has 16 heavy (non-hydrogen) atoms. The number of carbonyl (C=O) groups is 1. The standard InChI is InChI=1S/C8H8N4O4/c1-15-8-10-6(9)5(7(13)14)12(8)4-2-3-16-11-4/h2-3H,9H2,1H3,(H,13,14). The molecule has 8 heteroatoms. The molecule has 0 aliphatic carbocycles. The lowest BCUT2D eigenvalue weighted by molar-refractivity contribution is 0.0688. The van der Waals surface area contributed by atoms with Crippen molar-refractivity contribution in [3.63, 3.8) is 0 Å². The highest BCUT2D eigenvalue weighted by atomic mass is 16.5. The van der Waals surface area contributed by atoms with Gasteiger partial charge in [0, 0.05) is 6.07 Å². The molecule has 0 spiro atoms. The largest absolute Gasteiger partial charge is 0.476 e. The number of ether oxygens (including phenoxy) is 1. The van der Waals surface area contributed by atoms with Gasteiger partial charge < -0.3 is 20.1 Å². The van der Waals surface area contributed by atoms with E-state index in [1.54, 1.807) is 0 Å². The molecule has 0 saturated carbocycles. The molecular weight excluding hydrogens is 216 g/mol. The number of methoxy groups -OCH3 is 1. The maximum absolute atomic E-state index is 11.0. The predicted octanol–water partition coefficient (Wildman–Crippen LogP) is 0.149. The number of nitrogen functional groups attached to an aromatic ring is 1. The topological polar surface area (TPSA) is 116 Å². The number of nitrogens with zero attached hydrogens (tertiary/aromatic N) is 3. The Morgan fingerprint density at radius 2 is 2.44 bits per heavy atom. The normalized spacial score (nSPS) is 10.3. The molecule has 84 valence electrons. The maximum atomic E-state index is 11.0. The van der Waals surface area contributed by atoms with E-state index in [2.05, 4.69) is 14.7 Å². The number of nitrogens with two attached hydrogens (primary N) is 1. The summed E-state index contributed by atoms with van der Waals surface area (Å²) in [5.74, 6) is -1.14. The van der Waals surface area contributed by atoms with E-state index in [9.17, 15) is 4.79 Å². The smallest absolute Gasteiger partial charge is 0.356 e.